The van der Waals surface area contributed by atoms with Crippen molar-refractivity contribution >= 4 is 11.8 Å². The standard InChI is InChI=1S/C11H23N3O2/c1-4-14(3)11(16)8-13-10(15)7-5-6-9(2)12/h9H,4-8,12H2,1-3H3,(H,13,15). The third-order valence-corrected chi connectivity index (χ3v) is 2.40. The highest BCUT2D eigenvalue weighted by molar-refractivity contribution is 5.84. The lowest BCUT2D eigenvalue weighted by Crippen LogP contribution is -2.37. The zero-order valence-electron chi connectivity index (χ0n) is 10.5. The van der Waals surface area contributed by atoms with Crippen LogP contribution in [0.25, 0.3) is 0 Å². The molecule has 3 N–H and O–H groups in total. The van der Waals surface area contributed by atoms with Gasteiger partial charge >= 0.3 is 0 Å². The Hall–Kier alpha value is -1.10. The van der Waals surface area contributed by atoms with Crippen LogP contribution in [0, 0.1) is 0 Å². The average molecular weight is 229 g/mol. The minimum absolute atomic E-state index is 0.0666. The Labute approximate surface area is 97.4 Å². The lowest BCUT2D eigenvalue weighted by Gasteiger charge is -2.14. The molecule has 0 saturated heterocycles. The van der Waals surface area contributed by atoms with Crippen molar-refractivity contribution < 1.29 is 9.59 Å². The first-order valence-corrected chi connectivity index (χ1v) is 5.73. The smallest absolute Gasteiger partial charge is 0.241 e. The molecule has 0 aliphatic carbocycles. The van der Waals surface area contributed by atoms with E-state index in [4.69, 9.17) is 5.73 Å². The van der Waals surface area contributed by atoms with Gasteiger partial charge in [-0.1, -0.05) is 0 Å². The van der Waals surface area contributed by atoms with Crippen molar-refractivity contribution in [2.24, 2.45) is 5.73 Å². The Morgan fingerprint density at radius 3 is 2.56 bits per heavy atom. The Kier molecular flexibility index (Phi) is 7.54. The van der Waals surface area contributed by atoms with Crippen LogP contribution in [0.4, 0.5) is 0 Å². The second-order valence-electron chi connectivity index (χ2n) is 4.05. The van der Waals surface area contributed by atoms with Crippen LogP contribution >= 0.6 is 0 Å². The maximum absolute atomic E-state index is 11.4. The molecule has 0 saturated carbocycles. The molecule has 5 nitrogen and oxygen atoms in total. The van der Waals surface area contributed by atoms with E-state index >= 15 is 0 Å². The average Bonchev–Trinajstić information content (AvgIpc) is 2.24. The zero-order chi connectivity index (χ0) is 12.6. The molecule has 16 heavy (non-hydrogen) atoms. The number of amides is 2. The molecule has 0 aromatic rings. The van der Waals surface area contributed by atoms with Crippen LogP contribution in [0.5, 0.6) is 0 Å². The molecule has 0 spiro atoms. The maximum atomic E-state index is 11.4. The number of carbonyl (C=O) groups excluding carboxylic acids is 2. The minimum atomic E-state index is -0.0847. The van der Waals surface area contributed by atoms with Gasteiger partial charge in [0, 0.05) is 26.1 Å². The van der Waals surface area contributed by atoms with E-state index in [1.54, 1.807) is 11.9 Å². The van der Waals surface area contributed by atoms with E-state index < -0.39 is 0 Å². The summed E-state index contributed by atoms with van der Waals surface area (Å²) in [4.78, 5) is 24.2. The number of rotatable bonds is 7. The summed E-state index contributed by atoms with van der Waals surface area (Å²) in [5.74, 6) is -0.151. The van der Waals surface area contributed by atoms with Crippen molar-refractivity contribution in [1.82, 2.24) is 10.2 Å². The fourth-order valence-electron chi connectivity index (χ4n) is 1.16. The molecule has 0 fully saturated rings. The quantitative estimate of drug-likeness (QED) is 0.650. The highest BCUT2D eigenvalue weighted by Gasteiger charge is 2.08. The van der Waals surface area contributed by atoms with Gasteiger partial charge in [0.2, 0.25) is 11.8 Å². The highest BCUT2D eigenvalue weighted by atomic mass is 16.2. The van der Waals surface area contributed by atoms with Gasteiger partial charge in [-0.25, -0.2) is 0 Å². The van der Waals surface area contributed by atoms with Crippen LogP contribution in [0.1, 0.15) is 33.1 Å². The summed E-state index contributed by atoms with van der Waals surface area (Å²) >= 11 is 0. The second-order valence-corrected chi connectivity index (χ2v) is 4.05. The normalized spacial score (nSPS) is 12.0. The van der Waals surface area contributed by atoms with Gasteiger partial charge in [0.05, 0.1) is 6.54 Å². The fourth-order valence-corrected chi connectivity index (χ4v) is 1.16. The summed E-state index contributed by atoms with van der Waals surface area (Å²) in [5.41, 5.74) is 5.57. The Bertz CT molecular complexity index is 229. The number of likely N-dealkylation sites (N-methyl/N-ethyl adjacent to an activating group) is 1. The molecule has 0 bridgehead atoms. The van der Waals surface area contributed by atoms with Crippen LogP contribution in [0.3, 0.4) is 0 Å². The Balaban J connectivity index is 3.61. The zero-order valence-corrected chi connectivity index (χ0v) is 10.5. The van der Waals surface area contributed by atoms with Crippen LogP contribution in [0.2, 0.25) is 0 Å². The molecule has 0 aliphatic heterocycles. The predicted molar refractivity (Wildman–Crippen MR) is 63.8 cm³/mol. The second kappa shape index (κ2) is 8.10. The lowest BCUT2D eigenvalue weighted by molar-refractivity contribution is -0.131. The first-order chi connectivity index (χ1) is 7.47. The Morgan fingerprint density at radius 2 is 2.06 bits per heavy atom. The van der Waals surface area contributed by atoms with Gasteiger partial charge in [0.15, 0.2) is 0 Å². The molecule has 5 heteroatoms. The van der Waals surface area contributed by atoms with Crippen molar-refractivity contribution in [3.8, 4) is 0 Å². The molecular weight excluding hydrogens is 206 g/mol. The first kappa shape index (κ1) is 14.9. The van der Waals surface area contributed by atoms with Gasteiger partial charge < -0.3 is 16.0 Å². The molecule has 0 radical (unpaired) electrons. The van der Waals surface area contributed by atoms with Gasteiger partial charge in [0.1, 0.15) is 0 Å². The number of nitrogens with zero attached hydrogens (tertiary/aromatic N) is 1. The SMILES string of the molecule is CCN(C)C(=O)CNC(=O)CCCC(C)N. The molecule has 1 unspecified atom stereocenters. The molecule has 0 heterocycles. The van der Waals surface area contributed by atoms with E-state index in [2.05, 4.69) is 5.32 Å². The molecule has 0 aliphatic rings. The largest absolute Gasteiger partial charge is 0.347 e. The van der Waals surface area contributed by atoms with E-state index in [0.717, 1.165) is 12.8 Å². The maximum Gasteiger partial charge on any atom is 0.241 e. The third-order valence-electron chi connectivity index (χ3n) is 2.40. The molecular formula is C11H23N3O2. The predicted octanol–water partition coefficient (Wildman–Crippen LogP) is 0.0984. The van der Waals surface area contributed by atoms with Crippen LogP contribution < -0.4 is 11.1 Å². The van der Waals surface area contributed by atoms with E-state index in [0.29, 0.717) is 13.0 Å². The molecule has 2 amide bonds. The molecule has 94 valence electrons. The number of nitrogens with two attached hydrogens (primary N) is 1. The van der Waals surface area contributed by atoms with Crippen molar-refractivity contribution in [2.45, 2.75) is 39.2 Å². The van der Waals surface area contributed by atoms with E-state index in [-0.39, 0.29) is 24.4 Å². The summed E-state index contributed by atoms with van der Waals surface area (Å²) < 4.78 is 0. The topological polar surface area (TPSA) is 75.4 Å². The van der Waals surface area contributed by atoms with E-state index in [9.17, 15) is 9.59 Å². The summed E-state index contributed by atoms with van der Waals surface area (Å²) in [5, 5.41) is 2.60. The van der Waals surface area contributed by atoms with Gasteiger partial charge in [-0.05, 0) is 26.7 Å². The van der Waals surface area contributed by atoms with Crippen molar-refractivity contribution in [3.63, 3.8) is 0 Å². The summed E-state index contributed by atoms with van der Waals surface area (Å²) in [7, 11) is 1.71. The Morgan fingerprint density at radius 1 is 1.44 bits per heavy atom. The number of nitrogens with one attached hydrogen (secondary N) is 1. The number of carbonyl (C=O) groups is 2. The minimum Gasteiger partial charge on any atom is -0.347 e. The molecule has 0 aromatic heterocycles. The van der Waals surface area contributed by atoms with Crippen LogP contribution in [-0.2, 0) is 9.59 Å². The van der Waals surface area contributed by atoms with Crippen molar-refractivity contribution in [2.75, 3.05) is 20.1 Å². The fraction of sp³-hybridized carbons (Fsp3) is 0.818. The van der Waals surface area contributed by atoms with Crippen LogP contribution in [0.15, 0.2) is 0 Å². The lowest BCUT2D eigenvalue weighted by atomic mass is 10.1. The summed E-state index contributed by atoms with van der Waals surface area (Å²) in [6, 6.07) is 0.126. The van der Waals surface area contributed by atoms with Gasteiger partial charge in [-0.15, -0.1) is 0 Å². The number of hydrogen-bond donors (Lipinski definition) is 2. The molecule has 1 atom stereocenters. The van der Waals surface area contributed by atoms with Crippen molar-refractivity contribution in [1.29, 1.82) is 0 Å². The highest BCUT2D eigenvalue weighted by Crippen LogP contribution is 1.97. The van der Waals surface area contributed by atoms with E-state index in [1.165, 1.54) is 0 Å². The number of hydrogen-bond acceptors (Lipinski definition) is 3. The van der Waals surface area contributed by atoms with Gasteiger partial charge in [-0.3, -0.25) is 9.59 Å². The summed E-state index contributed by atoms with van der Waals surface area (Å²) in [6.45, 7) is 4.54. The van der Waals surface area contributed by atoms with E-state index in [1.807, 2.05) is 13.8 Å². The first-order valence-electron chi connectivity index (χ1n) is 5.73. The van der Waals surface area contributed by atoms with Gasteiger partial charge in [0.25, 0.3) is 0 Å². The van der Waals surface area contributed by atoms with Gasteiger partial charge in [-0.2, -0.15) is 0 Å². The van der Waals surface area contributed by atoms with Crippen molar-refractivity contribution in [3.05, 3.63) is 0 Å². The molecule has 0 rings (SSSR count). The summed E-state index contributed by atoms with van der Waals surface area (Å²) in [6.07, 6.45) is 2.03. The molecule has 0 aromatic carbocycles. The van der Waals surface area contributed by atoms with Crippen LogP contribution in [-0.4, -0.2) is 42.9 Å². The monoisotopic (exact) mass is 229 g/mol. The third kappa shape index (κ3) is 7.23.